The van der Waals surface area contributed by atoms with Crippen LogP contribution in [0.2, 0.25) is 0 Å². The predicted octanol–water partition coefficient (Wildman–Crippen LogP) is 0.660. The van der Waals surface area contributed by atoms with E-state index in [2.05, 4.69) is 16.8 Å². The van der Waals surface area contributed by atoms with Gasteiger partial charge in [0.25, 0.3) is 5.91 Å². The molecule has 1 aliphatic rings. The summed E-state index contributed by atoms with van der Waals surface area (Å²) in [4.78, 5) is 18.3. The summed E-state index contributed by atoms with van der Waals surface area (Å²) >= 11 is 0. The number of hydrogen-bond acceptors (Lipinski definition) is 4. The largest absolute Gasteiger partial charge is 0.396 e. The van der Waals surface area contributed by atoms with Gasteiger partial charge in [-0.3, -0.25) is 9.78 Å². The molecule has 0 bridgehead atoms. The second kappa shape index (κ2) is 7.77. The van der Waals surface area contributed by atoms with Gasteiger partial charge in [0.15, 0.2) is 0 Å². The molecule has 112 valence electrons. The van der Waals surface area contributed by atoms with Gasteiger partial charge in [-0.25, -0.2) is 0 Å². The van der Waals surface area contributed by atoms with Crippen LogP contribution in [0.1, 0.15) is 35.2 Å². The number of amides is 1. The van der Waals surface area contributed by atoms with Crippen molar-refractivity contribution < 1.29 is 15.0 Å². The molecule has 1 fully saturated rings. The number of pyridine rings is 1. The highest BCUT2D eigenvalue weighted by atomic mass is 16.3. The first-order valence-electron chi connectivity index (χ1n) is 7.19. The highest BCUT2D eigenvalue weighted by Crippen LogP contribution is 2.21. The molecule has 21 heavy (non-hydrogen) atoms. The zero-order valence-electron chi connectivity index (χ0n) is 12.0. The van der Waals surface area contributed by atoms with Crippen LogP contribution in [0.4, 0.5) is 0 Å². The Labute approximate surface area is 124 Å². The molecule has 0 radical (unpaired) electrons. The van der Waals surface area contributed by atoms with Crippen molar-refractivity contribution in [2.75, 3.05) is 26.3 Å². The molecule has 2 heterocycles. The summed E-state index contributed by atoms with van der Waals surface area (Å²) in [5, 5.41) is 17.7. The van der Waals surface area contributed by atoms with Crippen LogP contribution in [-0.2, 0) is 0 Å². The van der Waals surface area contributed by atoms with Crippen molar-refractivity contribution >= 4 is 5.91 Å². The number of carbonyl (C=O) groups is 1. The van der Waals surface area contributed by atoms with E-state index in [0.717, 1.165) is 19.4 Å². The summed E-state index contributed by atoms with van der Waals surface area (Å²) in [6, 6.07) is 1.74. The average Bonchev–Trinajstić information content (AvgIpc) is 2.96. The molecule has 1 atom stereocenters. The number of aliphatic hydroxyl groups excluding tert-OH is 2. The number of aliphatic hydroxyl groups is 2. The quantitative estimate of drug-likeness (QED) is 0.798. The maximum atomic E-state index is 12.4. The van der Waals surface area contributed by atoms with Crippen LogP contribution in [0.15, 0.2) is 18.5 Å². The first-order chi connectivity index (χ1) is 10.2. The SMILES string of the molecule is O=C(c1cncc(C#CCCO)c1)N1CCC(CCO)C1. The lowest BCUT2D eigenvalue weighted by molar-refractivity contribution is 0.0784. The minimum atomic E-state index is -0.0336. The Morgan fingerprint density at radius 1 is 1.38 bits per heavy atom. The van der Waals surface area contributed by atoms with E-state index in [-0.39, 0.29) is 19.1 Å². The van der Waals surface area contributed by atoms with E-state index >= 15 is 0 Å². The minimum Gasteiger partial charge on any atom is -0.396 e. The standard InChI is InChI=1S/C16H20N2O3/c19-7-2-1-3-14-9-15(11-17-10-14)16(21)18-6-4-13(12-18)5-8-20/h9-11,13,19-20H,2,4-8,12H2. The highest BCUT2D eigenvalue weighted by molar-refractivity contribution is 5.94. The Morgan fingerprint density at radius 2 is 2.24 bits per heavy atom. The lowest BCUT2D eigenvalue weighted by atomic mass is 10.1. The number of nitrogens with zero attached hydrogens (tertiary/aromatic N) is 2. The van der Waals surface area contributed by atoms with Crippen LogP contribution in [-0.4, -0.2) is 52.3 Å². The third-order valence-electron chi connectivity index (χ3n) is 3.57. The first-order valence-corrected chi connectivity index (χ1v) is 7.19. The van der Waals surface area contributed by atoms with E-state index in [1.807, 2.05) is 4.90 Å². The Morgan fingerprint density at radius 3 is 3.00 bits per heavy atom. The van der Waals surface area contributed by atoms with Crippen LogP contribution in [0, 0.1) is 17.8 Å². The Kier molecular flexibility index (Phi) is 5.73. The molecule has 1 aromatic heterocycles. The van der Waals surface area contributed by atoms with Crippen LogP contribution < -0.4 is 0 Å². The summed E-state index contributed by atoms with van der Waals surface area (Å²) in [5.74, 6) is 6.06. The summed E-state index contributed by atoms with van der Waals surface area (Å²) in [6.45, 7) is 1.62. The van der Waals surface area contributed by atoms with Crippen molar-refractivity contribution in [2.45, 2.75) is 19.3 Å². The van der Waals surface area contributed by atoms with Gasteiger partial charge in [-0.1, -0.05) is 11.8 Å². The Hall–Kier alpha value is -1.90. The lowest BCUT2D eigenvalue weighted by Gasteiger charge is -2.16. The fraction of sp³-hybridized carbons (Fsp3) is 0.500. The summed E-state index contributed by atoms with van der Waals surface area (Å²) in [7, 11) is 0. The van der Waals surface area contributed by atoms with Gasteiger partial charge >= 0.3 is 0 Å². The van der Waals surface area contributed by atoms with Crippen LogP contribution in [0.25, 0.3) is 0 Å². The van der Waals surface area contributed by atoms with E-state index in [1.54, 1.807) is 18.5 Å². The van der Waals surface area contributed by atoms with Crippen molar-refractivity contribution in [1.29, 1.82) is 0 Å². The minimum absolute atomic E-state index is 0.0269. The zero-order chi connectivity index (χ0) is 15.1. The maximum Gasteiger partial charge on any atom is 0.255 e. The molecule has 1 aromatic rings. The second-order valence-electron chi connectivity index (χ2n) is 5.16. The molecule has 0 aliphatic carbocycles. The van der Waals surface area contributed by atoms with Crippen molar-refractivity contribution in [1.82, 2.24) is 9.88 Å². The molecule has 0 spiro atoms. The monoisotopic (exact) mass is 288 g/mol. The molecular formula is C16H20N2O3. The molecule has 5 heteroatoms. The highest BCUT2D eigenvalue weighted by Gasteiger charge is 2.26. The number of hydrogen-bond donors (Lipinski definition) is 2. The van der Waals surface area contributed by atoms with Gasteiger partial charge in [-0.05, 0) is 24.8 Å². The maximum absolute atomic E-state index is 12.4. The number of carbonyl (C=O) groups excluding carboxylic acids is 1. The molecule has 0 saturated carbocycles. The van der Waals surface area contributed by atoms with Crippen LogP contribution in [0.5, 0.6) is 0 Å². The zero-order valence-corrected chi connectivity index (χ0v) is 12.0. The van der Waals surface area contributed by atoms with E-state index in [0.29, 0.717) is 30.0 Å². The Bertz CT molecular complexity index is 548. The summed E-state index contributed by atoms with van der Waals surface area (Å²) in [5.41, 5.74) is 1.22. The summed E-state index contributed by atoms with van der Waals surface area (Å²) < 4.78 is 0. The van der Waals surface area contributed by atoms with E-state index in [9.17, 15) is 4.79 Å². The molecular weight excluding hydrogens is 268 g/mol. The molecule has 1 saturated heterocycles. The normalized spacial score (nSPS) is 17.4. The van der Waals surface area contributed by atoms with Gasteiger partial charge in [0.1, 0.15) is 0 Å². The third-order valence-corrected chi connectivity index (χ3v) is 3.57. The van der Waals surface area contributed by atoms with Gasteiger partial charge < -0.3 is 15.1 Å². The van der Waals surface area contributed by atoms with E-state index in [1.165, 1.54) is 0 Å². The number of aromatic nitrogens is 1. The van der Waals surface area contributed by atoms with Gasteiger partial charge in [0.2, 0.25) is 0 Å². The molecule has 5 nitrogen and oxygen atoms in total. The lowest BCUT2D eigenvalue weighted by Crippen LogP contribution is -2.29. The van der Waals surface area contributed by atoms with Crippen molar-refractivity contribution in [3.05, 3.63) is 29.6 Å². The molecule has 2 rings (SSSR count). The molecule has 0 aromatic carbocycles. The number of likely N-dealkylation sites (tertiary alicyclic amines) is 1. The fourth-order valence-electron chi connectivity index (χ4n) is 2.46. The third kappa shape index (κ3) is 4.28. The topological polar surface area (TPSA) is 73.7 Å². The second-order valence-corrected chi connectivity index (χ2v) is 5.16. The Balaban J connectivity index is 2.03. The number of rotatable bonds is 4. The van der Waals surface area contributed by atoms with E-state index < -0.39 is 0 Å². The first kappa shape index (κ1) is 15.5. The van der Waals surface area contributed by atoms with Gasteiger partial charge in [-0.2, -0.15) is 0 Å². The van der Waals surface area contributed by atoms with Crippen molar-refractivity contribution in [3.8, 4) is 11.8 Å². The van der Waals surface area contributed by atoms with Gasteiger partial charge in [0.05, 0.1) is 12.2 Å². The van der Waals surface area contributed by atoms with Crippen LogP contribution in [0.3, 0.4) is 0 Å². The molecule has 1 aliphatic heterocycles. The average molecular weight is 288 g/mol. The molecule has 2 N–H and O–H groups in total. The smallest absolute Gasteiger partial charge is 0.255 e. The summed E-state index contributed by atoms with van der Waals surface area (Å²) in [6.07, 6.45) is 5.26. The molecule has 1 amide bonds. The molecule has 1 unspecified atom stereocenters. The van der Waals surface area contributed by atoms with Crippen molar-refractivity contribution in [2.24, 2.45) is 5.92 Å². The van der Waals surface area contributed by atoms with E-state index in [4.69, 9.17) is 10.2 Å². The van der Waals surface area contributed by atoms with Gasteiger partial charge in [-0.15, -0.1) is 0 Å². The van der Waals surface area contributed by atoms with Crippen molar-refractivity contribution in [3.63, 3.8) is 0 Å². The van der Waals surface area contributed by atoms with Crippen LogP contribution >= 0.6 is 0 Å². The van der Waals surface area contributed by atoms with Gasteiger partial charge in [0, 0.05) is 44.1 Å². The predicted molar refractivity (Wildman–Crippen MR) is 78.5 cm³/mol. The fourth-order valence-corrected chi connectivity index (χ4v) is 2.46.